The summed E-state index contributed by atoms with van der Waals surface area (Å²) in [5, 5.41) is 1.25. The van der Waals surface area contributed by atoms with Gasteiger partial charge in [-0.25, -0.2) is 9.97 Å². The fourth-order valence-electron chi connectivity index (χ4n) is 4.99. The second kappa shape index (κ2) is 8.46. The van der Waals surface area contributed by atoms with Crippen molar-refractivity contribution in [2.45, 2.75) is 70.8 Å². The monoisotopic (exact) mass is 380 g/mol. The van der Waals surface area contributed by atoms with E-state index >= 15 is 0 Å². The summed E-state index contributed by atoms with van der Waals surface area (Å²) < 4.78 is 0. The zero-order valence-electron chi connectivity index (χ0n) is 17.2. The Labute approximate surface area is 168 Å². The van der Waals surface area contributed by atoms with Crippen LogP contribution in [0, 0.1) is 6.92 Å². The molecule has 28 heavy (non-hydrogen) atoms. The second-order valence-electron chi connectivity index (χ2n) is 8.57. The molecule has 0 bridgehead atoms. The minimum atomic E-state index is 0.200. The standard InChI is InChI=1S/C23H32N4O/c1-17-10-11-20(19-8-6-4-3-5-7-9-19)21-22(17)24-15-25-23(21)26-12-13-27(16-28)18(2)14-26/h10-11,15-16,18-19H,3-9,12-14H2,1-2H3. The van der Waals surface area contributed by atoms with Gasteiger partial charge >= 0.3 is 0 Å². The van der Waals surface area contributed by atoms with Crippen LogP contribution in [0.5, 0.6) is 0 Å². The van der Waals surface area contributed by atoms with Crippen molar-refractivity contribution in [2.75, 3.05) is 24.5 Å². The van der Waals surface area contributed by atoms with Gasteiger partial charge in [-0.2, -0.15) is 0 Å². The van der Waals surface area contributed by atoms with E-state index in [2.05, 4.69) is 35.9 Å². The molecule has 5 heteroatoms. The van der Waals surface area contributed by atoms with E-state index < -0.39 is 0 Å². The van der Waals surface area contributed by atoms with Gasteiger partial charge in [0.2, 0.25) is 6.41 Å². The molecule has 1 atom stereocenters. The zero-order chi connectivity index (χ0) is 19.5. The molecule has 2 aromatic rings. The first-order chi connectivity index (χ1) is 13.7. The van der Waals surface area contributed by atoms with E-state index in [9.17, 15) is 4.79 Å². The second-order valence-corrected chi connectivity index (χ2v) is 8.57. The van der Waals surface area contributed by atoms with Crippen molar-refractivity contribution in [3.63, 3.8) is 0 Å². The van der Waals surface area contributed by atoms with E-state index in [0.29, 0.717) is 5.92 Å². The largest absolute Gasteiger partial charge is 0.352 e. The van der Waals surface area contributed by atoms with Crippen LogP contribution >= 0.6 is 0 Å². The summed E-state index contributed by atoms with van der Waals surface area (Å²) >= 11 is 0. The van der Waals surface area contributed by atoms with Crippen molar-refractivity contribution in [3.05, 3.63) is 29.6 Å². The molecule has 1 saturated carbocycles. The molecule has 0 radical (unpaired) electrons. The van der Waals surface area contributed by atoms with Gasteiger partial charge in [0.05, 0.1) is 5.52 Å². The fraction of sp³-hybridized carbons (Fsp3) is 0.609. The Kier molecular flexibility index (Phi) is 5.79. The molecule has 0 spiro atoms. The average molecular weight is 381 g/mol. The predicted molar refractivity (Wildman–Crippen MR) is 114 cm³/mol. The number of piperazine rings is 1. The number of fused-ring (bicyclic) bond motifs is 1. The number of hydrogen-bond donors (Lipinski definition) is 0. The van der Waals surface area contributed by atoms with Crippen molar-refractivity contribution < 1.29 is 4.79 Å². The third-order valence-electron chi connectivity index (χ3n) is 6.66. The van der Waals surface area contributed by atoms with Crippen LogP contribution < -0.4 is 4.90 Å². The topological polar surface area (TPSA) is 49.3 Å². The molecule has 5 nitrogen and oxygen atoms in total. The van der Waals surface area contributed by atoms with Gasteiger partial charge in [-0.15, -0.1) is 0 Å². The van der Waals surface area contributed by atoms with Gasteiger partial charge in [-0.1, -0.05) is 44.2 Å². The molecule has 1 aliphatic carbocycles. The number of rotatable bonds is 3. The Morgan fingerprint density at radius 3 is 2.50 bits per heavy atom. The summed E-state index contributed by atoms with van der Waals surface area (Å²) in [6, 6.07) is 4.77. The highest BCUT2D eigenvalue weighted by atomic mass is 16.1. The number of carbonyl (C=O) groups excluding carboxylic acids is 1. The molecule has 1 aromatic carbocycles. The molecule has 1 aromatic heterocycles. The molecule has 1 unspecified atom stereocenters. The van der Waals surface area contributed by atoms with E-state index in [4.69, 9.17) is 4.98 Å². The fourth-order valence-corrected chi connectivity index (χ4v) is 4.99. The van der Waals surface area contributed by atoms with Crippen LogP contribution in [-0.4, -0.2) is 47.0 Å². The summed E-state index contributed by atoms with van der Waals surface area (Å²) in [7, 11) is 0. The van der Waals surface area contributed by atoms with Crippen LogP contribution in [0.4, 0.5) is 5.82 Å². The maximum Gasteiger partial charge on any atom is 0.210 e. The SMILES string of the molecule is Cc1ccc(C2CCCCCCC2)c2c(N3CCN(C=O)C(C)C3)ncnc12. The number of anilines is 1. The van der Waals surface area contributed by atoms with Gasteiger partial charge in [0.25, 0.3) is 0 Å². The van der Waals surface area contributed by atoms with E-state index in [1.807, 2.05) is 4.90 Å². The van der Waals surface area contributed by atoms with Crippen LogP contribution in [0.2, 0.25) is 0 Å². The summed E-state index contributed by atoms with van der Waals surface area (Å²) in [4.78, 5) is 25.0. The normalized spacial score (nSPS) is 22.1. The Bertz CT molecular complexity index is 829. The zero-order valence-corrected chi connectivity index (χ0v) is 17.2. The molecule has 2 heterocycles. The Hall–Kier alpha value is -2.17. The first-order valence-corrected chi connectivity index (χ1v) is 10.9. The summed E-state index contributed by atoms with van der Waals surface area (Å²) in [5.74, 6) is 1.66. The van der Waals surface area contributed by atoms with Gasteiger partial charge in [-0.3, -0.25) is 4.79 Å². The lowest BCUT2D eigenvalue weighted by Gasteiger charge is -2.39. The van der Waals surface area contributed by atoms with Crippen LogP contribution in [0.3, 0.4) is 0 Å². The van der Waals surface area contributed by atoms with Crippen LogP contribution in [-0.2, 0) is 4.79 Å². The summed E-state index contributed by atoms with van der Waals surface area (Å²) in [6.07, 6.45) is 12.0. The lowest BCUT2D eigenvalue weighted by molar-refractivity contribution is -0.120. The molecular formula is C23H32N4O. The number of aryl methyl sites for hydroxylation is 1. The third-order valence-corrected chi connectivity index (χ3v) is 6.66. The highest BCUT2D eigenvalue weighted by molar-refractivity contribution is 5.94. The van der Waals surface area contributed by atoms with E-state index in [1.165, 1.54) is 61.5 Å². The van der Waals surface area contributed by atoms with E-state index in [-0.39, 0.29) is 6.04 Å². The molecule has 0 N–H and O–H groups in total. The summed E-state index contributed by atoms with van der Waals surface area (Å²) in [5.41, 5.74) is 3.74. The van der Waals surface area contributed by atoms with Gasteiger partial charge in [0, 0.05) is 31.1 Å². The van der Waals surface area contributed by atoms with Gasteiger partial charge in [0.15, 0.2) is 0 Å². The minimum Gasteiger partial charge on any atom is -0.352 e. The van der Waals surface area contributed by atoms with Crippen LogP contribution in [0.25, 0.3) is 10.9 Å². The molecule has 150 valence electrons. The number of nitrogens with zero attached hydrogens (tertiary/aromatic N) is 4. The van der Waals surface area contributed by atoms with Crippen molar-refractivity contribution in [3.8, 4) is 0 Å². The first-order valence-electron chi connectivity index (χ1n) is 10.9. The van der Waals surface area contributed by atoms with Gasteiger partial charge in [0.1, 0.15) is 12.1 Å². The van der Waals surface area contributed by atoms with Crippen LogP contribution in [0.15, 0.2) is 18.5 Å². The number of amides is 1. The molecule has 4 rings (SSSR count). The molecule has 1 saturated heterocycles. The average Bonchev–Trinajstić information content (AvgIpc) is 2.68. The smallest absolute Gasteiger partial charge is 0.210 e. The van der Waals surface area contributed by atoms with E-state index in [1.54, 1.807) is 6.33 Å². The number of hydrogen-bond acceptors (Lipinski definition) is 4. The Morgan fingerprint density at radius 2 is 1.79 bits per heavy atom. The quantitative estimate of drug-likeness (QED) is 0.739. The predicted octanol–water partition coefficient (Wildman–Crippen LogP) is 4.43. The molecule has 1 amide bonds. The number of benzene rings is 1. The van der Waals surface area contributed by atoms with Gasteiger partial charge in [-0.05, 0) is 43.7 Å². The highest BCUT2D eigenvalue weighted by Gasteiger charge is 2.27. The van der Waals surface area contributed by atoms with Gasteiger partial charge < -0.3 is 9.80 Å². The molecule has 2 fully saturated rings. The third kappa shape index (κ3) is 3.71. The maximum absolute atomic E-state index is 11.3. The van der Waals surface area contributed by atoms with Crippen LogP contribution in [0.1, 0.15) is 68.9 Å². The summed E-state index contributed by atoms with van der Waals surface area (Å²) in [6.45, 7) is 6.66. The lowest BCUT2D eigenvalue weighted by Crippen LogP contribution is -2.51. The first kappa shape index (κ1) is 19.2. The number of carbonyl (C=O) groups is 1. The molecule has 2 aliphatic rings. The van der Waals surface area contributed by atoms with Crippen molar-refractivity contribution in [2.24, 2.45) is 0 Å². The highest BCUT2D eigenvalue weighted by Crippen LogP contribution is 2.39. The van der Waals surface area contributed by atoms with Crippen molar-refractivity contribution >= 4 is 23.1 Å². The number of aromatic nitrogens is 2. The Balaban J connectivity index is 1.76. The molecule has 1 aliphatic heterocycles. The minimum absolute atomic E-state index is 0.200. The lowest BCUT2D eigenvalue weighted by atomic mass is 9.83. The Morgan fingerprint density at radius 1 is 1.04 bits per heavy atom. The van der Waals surface area contributed by atoms with Crippen molar-refractivity contribution in [1.82, 2.24) is 14.9 Å². The molecular weight excluding hydrogens is 348 g/mol. The maximum atomic E-state index is 11.3. The van der Waals surface area contributed by atoms with Crippen molar-refractivity contribution in [1.29, 1.82) is 0 Å². The van der Waals surface area contributed by atoms with E-state index in [0.717, 1.165) is 37.4 Å².